The molecule has 6 nitrogen and oxygen atoms in total. The zero-order valence-corrected chi connectivity index (χ0v) is 17.6. The first kappa shape index (κ1) is 20.4. The lowest BCUT2D eigenvalue weighted by molar-refractivity contribution is -0.122. The minimum Gasteiger partial charge on any atom is -0.274 e. The van der Waals surface area contributed by atoms with Crippen LogP contribution in [0.15, 0.2) is 70.6 Å². The Bertz CT molecular complexity index is 1020. The van der Waals surface area contributed by atoms with E-state index in [0.29, 0.717) is 5.69 Å². The average molecular weight is 463 g/mol. The third kappa shape index (κ3) is 3.80. The van der Waals surface area contributed by atoms with Crippen LogP contribution in [0.2, 0.25) is 0 Å². The molecule has 0 aromatic heterocycles. The highest BCUT2D eigenvalue weighted by Gasteiger charge is 2.46. The number of benzene rings is 2. The van der Waals surface area contributed by atoms with E-state index in [1.165, 1.54) is 18.2 Å². The summed E-state index contributed by atoms with van der Waals surface area (Å²) in [5.41, 5.74) is 1.33. The Balaban J connectivity index is 1.97. The van der Waals surface area contributed by atoms with Crippen LogP contribution in [-0.2, 0) is 19.6 Å². The topological polar surface area (TPSA) is 74.8 Å². The van der Waals surface area contributed by atoms with E-state index in [1.54, 1.807) is 36.4 Å². The minimum absolute atomic E-state index is 0.0716. The number of carbonyl (C=O) groups excluding carboxylic acids is 2. The summed E-state index contributed by atoms with van der Waals surface area (Å²) < 4.78 is 28.2. The number of aryl methyl sites for hydroxylation is 1. The second kappa shape index (κ2) is 7.98. The van der Waals surface area contributed by atoms with Crippen LogP contribution in [-0.4, -0.2) is 37.1 Å². The molecule has 3 rings (SSSR count). The quantitative estimate of drug-likeness (QED) is 0.487. The van der Waals surface area contributed by atoms with Crippen molar-refractivity contribution in [3.63, 3.8) is 0 Å². The number of rotatable bonds is 6. The minimum atomic E-state index is -3.98. The third-order valence-electron chi connectivity index (χ3n) is 4.49. The molecule has 0 aliphatic carbocycles. The molecule has 0 N–H and O–H groups in total. The van der Waals surface area contributed by atoms with Gasteiger partial charge >= 0.3 is 0 Å². The summed E-state index contributed by atoms with van der Waals surface area (Å²) in [6.07, 6.45) is 1.19. The molecule has 2 amide bonds. The number of nitrogens with zero attached hydrogens (tertiary/aromatic N) is 2. The van der Waals surface area contributed by atoms with Crippen LogP contribution in [0.4, 0.5) is 5.69 Å². The number of amides is 2. The van der Waals surface area contributed by atoms with Gasteiger partial charge in [0, 0.05) is 11.0 Å². The summed E-state index contributed by atoms with van der Waals surface area (Å²) in [5.74, 6) is -1.00. The fourth-order valence-corrected chi connectivity index (χ4v) is 4.88. The van der Waals surface area contributed by atoms with Crippen LogP contribution in [0.3, 0.4) is 0 Å². The van der Waals surface area contributed by atoms with Crippen molar-refractivity contribution in [2.75, 3.05) is 11.4 Å². The Labute approximate surface area is 172 Å². The first-order chi connectivity index (χ1) is 13.3. The van der Waals surface area contributed by atoms with E-state index in [-0.39, 0.29) is 17.9 Å². The highest BCUT2D eigenvalue weighted by atomic mass is 79.9. The Morgan fingerprint density at radius 3 is 2.32 bits per heavy atom. The summed E-state index contributed by atoms with van der Waals surface area (Å²) >= 11 is 3.31. The van der Waals surface area contributed by atoms with Crippen LogP contribution in [0.25, 0.3) is 0 Å². The molecule has 1 heterocycles. The molecule has 1 aliphatic heterocycles. The standard InChI is InChI=1S/C20H19BrN2O4S/c1-3-12-22(28(26,27)17-10-4-14(2)5-11-17)18-13-19(24)23(20(18)25)16-8-6-15(21)7-9-16/h3-11,18H,1,12-13H2,2H3. The summed E-state index contributed by atoms with van der Waals surface area (Å²) in [4.78, 5) is 26.7. The van der Waals surface area contributed by atoms with Gasteiger partial charge in [0.15, 0.2) is 0 Å². The lowest BCUT2D eigenvalue weighted by atomic mass is 10.2. The Morgan fingerprint density at radius 1 is 1.14 bits per heavy atom. The molecule has 1 saturated heterocycles. The Kier molecular flexibility index (Phi) is 5.83. The van der Waals surface area contributed by atoms with E-state index in [1.807, 2.05) is 6.92 Å². The summed E-state index contributed by atoms with van der Waals surface area (Å²) in [6.45, 7) is 5.38. The lowest BCUT2D eigenvalue weighted by Gasteiger charge is -2.25. The molecule has 2 aromatic rings. The van der Waals surface area contributed by atoms with E-state index in [4.69, 9.17) is 0 Å². The summed E-state index contributed by atoms with van der Waals surface area (Å²) in [5, 5.41) is 0. The van der Waals surface area contributed by atoms with Gasteiger partial charge in [0.25, 0.3) is 5.91 Å². The maximum atomic E-state index is 13.2. The summed E-state index contributed by atoms with van der Waals surface area (Å²) in [6, 6.07) is 12.0. The second-order valence-corrected chi connectivity index (χ2v) is 9.25. The monoisotopic (exact) mass is 462 g/mol. The predicted molar refractivity (Wildman–Crippen MR) is 110 cm³/mol. The molecular weight excluding hydrogens is 444 g/mol. The van der Waals surface area contributed by atoms with Crippen molar-refractivity contribution < 1.29 is 18.0 Å². The molecule has 8 heteroatoms. The second-order valence-electron chi connectivity index (χ2n) is 6.44. The van der Waals surface area contributed by atoms with Gasteiger partial charge in [-0.2, -0.15) is 4.31 Å². The van der Waals surface area contributed by atoms with Gasteiger partial charge in [-0.1, -0.05) is 39.7 Å². The van der Waals surface area contributed by atoms with Gasteiger partial charge in [-0.05, 0) is 43.3 Å². The van der Waals surface area contributed by atoms with Crippen LogP contribution < -0.4 is 4.90 Å². The van der Waals surface area contributed by atoms with E-state index < -0.39 is 27.9 Å². The normalized spacial score (nSPS) is 17.4. The number of carbonyl (C=O) groups is 2. The maximum Gasteiger partial charge on any atom is 0.252 e. The van der Waals surface area contributed by atoms with E-state index in [9.17, 15) is 18.0 Å². The van der Waals surface area contributed by atoms with Crippen molar-refractivity contribution in [2.45, 2.75) is 24.3 Å². The van der Waals surface area contributed by atoms with Gasteiger partial charge in [-0.3, -0.25) is 9.59 Å². The highest BCUT2D eigenvalue weighted by Crippen LogP contribution is 2.30. The predicted octanol–water partition coefficient (Wildman–Crippen LogP) is 3.27. The lowest BCUT2D eigenvalue weighted by Crippen LogP contribution is -2.45. The fraction of sp³-hybridized carbons (Fsp3) is 0.200. The zero-order valence-electron chi connectivity index (χ0n) is 15.2. The van der Waals surface area contributed by atoms with Crippen LogP contribution in [0, 0.1) is 6.92 Å². The van der Waals surface area contributed by atoms with Gasteiger partial charge < -0.3 is 0 Å². The first-order valence-electron chi connectivity index (χ1n) is 8.57. The molecule has 1 unspecified atom stereocenters. The van der Waals surface area contributed by atoms with E-state index in [0.717, 1.165) is 19.2 Å². The zero-order chi connectivity index (χ0) is 20.5. The van der Waals surface area contributed by atoms with E-state index >= 15 is 0 Å². The van der Waals surface area contributed by atoms with Crippen molar-refractivity contribution in [3.8, 4) is 0 Å². The van der Waals surface area contributed by atoms with Crippen molar-refractivity contribution >= 4 is 43.5 Å². The molecule has 1 aliphatic rings. The van der Waals surface area contributed by atoms with Crippen LogP contribution >= 0.6 is 15.9 Å². The molecular formula is C20H19BrN2O4S. The molecule has 0 saturated carbocycles. The number of anilines is 1. The molecule has 1 atom stereocenters. The van der Waals surface area contributed by atoms with Crippen LogP contribution in [0.5, 0.6) is 0 Å². The molecule has 2 aromatic carbocycles. The smallest absolute Gasteiger partial charge is 0.252 e. The van der Waals surface area contributed by atoms with E-state index in [2.05, 4.69) is 22.5 Å². The van der Waals surface area contributed by atoms with Crippen molar-refractivity contribution in [3.05, 3.63) is 71.2 Å². The molecule has 0 bridgehead atoms. The molecule has 1 fully saturated rings. The highest BCUT2D eigenvalue weighted by molar-refractivity contribution is 9.10. The van der Waals surface area contributed by atoms with Crippen LogP contribution in [0.1, 0.15) is 12.0 Å². The number of hydrogen-bond donors (Lipinski definition) is 0. The number of hydrogen-bond acceptors (Lipinski definition) is 4. The fourth-order valence-electron chi connectivity index (χ4n) is 3.07. The average Bonchev–Trinajstić information content (AvgIpc) is 2.95. The van der Waals surface area contributed by atoms with Crippen molar-refractivity contribution in [1.82, 2.24) is 4.31 Å². The number of halogens is 1. The molecule has 28 heavy (non-hydrogen) atoms. The van der Waals surface area contributed by atoms with Gasteiger partial charge in [-0.15, -0.1) is 6.58 Å². The van der Waals surface area contributed by atoms with Gasteiger partial charge in [-0.25, -0.2) is 13.3 Å². The molecule has 146 valence electrons. The number of sulfonamides is 1. The SMILES string of the molecule is C=CCN(C1CC(=O)N(c2ccc(Br)cc2)C1=O)S(=O)(=O)c1ccc(C)cc1. The first-order valence-corrected chi connectivity index (χ1v) is 10.8. The molecule has 0 radical (unpaired) electrons. The third-order valence-corrected chi connectivity index (χ3v) is 6.91. The molecule has 0 spiro atoms. The number of imide groups is 1. The Morgan fingerprint density at radius 2 is 1.75 bits per heavy atom. The van der Waals surface area contributed by atoms with Gasteiger partial charge in [0.1, 0.15) is 6.04 Å². The largest absolute Gasteiger partial charge is 0.274 e. The Hall–Kier alpha value is -2.29. The van der Waals surface area contributed by atoms with Crippen molar-refractivity contribution in [2.24, 2.45) is 0 Å². The van der Waals surface area contributed by atoms with Gasteiger partial charge in [0.2, 0.25) is 15.9 Å². The van der Waals surface area contributed by atoms with Crippen molar-refractivity contribution in [1.29, 1.82) is 0 Å². The maximum absolute atomic E-state index is 13.2. The van der Waals surface area contributed by atoms with Gasteiger partial charge in [0.05, 0.1) is 17.0 Å². The summed E-state index contributed by atoms with van der Waals surface area (Å²) in [7, 11) is -3.98.